The fourth-order valence-corrected chi connectivity index (χ4v) is 11.9. The van der Waals surface area contributed by atoms with Gasteiger partial charge in [-0.3, -0.25) is 0 Å². The standard InChI is InChI=1S/C40H69FO4Si2/c1-16-43-35(42)39(10,41)24-21-27(2)31-19-20-32-30-18-17-28-25-29(44-46(12,13)36(3,4)5)26-34(45-47(14,15)37(6,7)8)40(28,11)33(30)22-23-38(31,32)9/h17-18,21,24,27,29,31-34H,16,19-20,22-23,25-26H2,1-15H3/b24-21+/t27-,29-,31-,32+,33+,34+,38-,39?,40+/m1/s1. The van der Waals surface area contributed by atoms with Crippen molar-refractivity contribution in [1.82, 2.24) is 0 Å². The molecule has 0 radical (unpaired) electrons. The zero-order valence-electron chi connectivity index (χ0n) is 32.7. The highest BCUT2D eigenvalue weighted by Gasteiger charge is 2.60. The summed E-state index contributed by atoms with van der Waals surface area (Å²) in [6.45, 7) is 34.1. The maximum Gasteiger partial charge on any atom is 0.347 e. The smallest absolute Gasteiger partial charge is 0.347 e. The number of rotatable bonds is 9. The summed E-state index contributed by atoms with van der Waals surface area (Å²) in [6.07, 6.45) is 15.2. The van der Waals surface area contributed by atoms with Gasteiger partial charge in [0.1, 0.15) is 0 Å². The van der Waals surface area contributed by atoms with Crippen molar-refractivity contribution in [2.45, 2.75) is 169 Å². The first kappa shape index (κ1) is 38.8. The van der Waals surface area contributed by atoms with Crippen LogP contribution in [0.4, 0.5) is 4.39 Å². The van der Waals surface area contributed by atoms with Crippen molar-refractivity contribution in [2.24, 2.45) is 34.5 Å². The van der Waals surface area contributed by atoms with E-state index >= 15 is 4.39 Å². The van der Waals surface area contributed by atoms with Crippen molar-refractivity contribution in [2.75, 3.05) is 6.61 Å². The Bertz CT molecular complexity index is 1270. The Morgan fingerprint density at radius 1 is 0.957 bits per heavy atom. The number of fused-ring (bicyclic) bond motifs is 5. The van der Waals surface area contributed by atoms with Crippen LogP contribution in [0.25, 0.3) is 0 Å². The zero-order chi connectivity index (χ0) is 35.6. The van der Waals surface area contributed by atoms with Gasteiger partial charge in [0.15, 0.2) is 16.6 Å². The first-order valence-electron chi connectivity index (χ1n) is 18.6. The summed E-state index contributed by atoms with van der Waals surface area (Å²) in [7, 11) is -4.01. The Kier molecular flexibility index (Phi) is 10.7. The van der Waals surface area contributed by atoms with E-state index in [1.807, 2.05) is 6.08 Å². The number of allylic oxidation sites excluding steroid dienone is 4. The molecule has 1 unspecified atom stereocenters. The van der Waals surface area contributed by atoms with Crippen LogP contribution in [-0.2, 0) is 18.4 Å². The Labute approximate surface area is 290 Å². The van der Waals surface area contributed by atoms with Crippen LogP contribution in [0.2, 0.25) is 36.3 Å². The molecule has 4 aliphatic carbocycles. The Morgan fingerprint density at radius 3 is 2.13 bits per heavy atom. The van der Waals surface area contributed by atoms with Crippen LogP contribution < -0.4 is 0 Å². The van der Waals surface area contributed by atoms with Crippen LogP contribution in [0.3, 0.4) is 0 Å². The van der Waals surface area contributed by atoms with Gasteiger partial charge in [-0.15, -0.1) is 0 Å². The lowest BCUT2D eigenvalue weighted by molar-refractivity contribution is -0.152. The van der Waals surface area contributed by atoms with Crippen LogP contribution in [0.5, 0.6) is 0 Å². The van der Waals surface area contributed by atoms with Crippen molar-refractivity contribution in [3.05, 3.63) is 35.5 Å². The molecule has 0 aromatic rings. The lowest BCUT2D eigenvalue weighted by atomic mass is 9.49. The number of esters is 1. The van der Waals surface area contributed by atoms with Crippen LogP contribution in [0.1, 0.15) is 115 Å². The van der Waals surface area contributed by atoms with Gasteiger partial charge in [-0.25, -0.2) is 9.18 Å². The molecule has 3 fully saturated rings. The van der Waals surface area contributed by atoms with Crippen molar-refractivity contribution in [3.63, 3.8) is 0 Å². The van der Waals surface area contributed by atoms with Gasteiger partial charge in [0.25, 0.3) is 0 Å². The summed E-state index contributed by atoms with van der Waals surface area (Å²) < 4.78 is 34.8. The number of carbonyl (C=O) groups excluding carboxylic acids is 1. The highest BCUT2D eigenvalue weighted by Crippen LogP contribution is 2.67. The molecule has 4 nitrogen and oxygen atoms in total. The van der Waals surface area contributed by atoms with E-state index in [1.54, 1.807) is 12.5 Å². The highest BCUT2D eigenvalue weighted by atomic mass is 28.4. The number of alkyl halides is 1. The largest absolute Gasteiger partial charge is 0.463 e. The fraction of sp³-hybridized carbons (Fsp3) is 0.825. The van der Waals surface area contributed by atoms with E-state index in [0.717, 1.165) is 38.5 Å². The summed E-state index contributed by atoms with van der Waals surface area (Å²) in [4.78, 5) is 12.2. The molecule has 0 saturated heterocycles. The molecule has 0 amide bonds. The van der Waals surface area contributed by atoms with E-state index in [1.165, 1.54) is 18.6 Å². The summed E-state index contributed by atoms with van der Waals surface area (Å²) in [5.41, 5.74) is 1.14. The summed E-state index contributed by atoms with van der Waals surface area (Å²) >= 11 is 0. The van der Waals surface area contributed by atoms with E-state index in [0.29, 0.717) is 17.8 Å². The first-order chi connectivity index (χ1) is 21.3. The normalized spacial score (nSPS) is 35.3. The van der Waals surface area contributed by atoms with E-state index in [9.17, 15) is 4.79 Å². The van der Waals surface area contributed by atoms with E-state index in [-0.39, 0.29) is 45.6 Å². The number of carbonyl (C=O) groups is 1. The van der Waals surface area contributed by atoms with Gasteiger partial charge in [0, 0.05) is 5.41 Å². The number of ether oxygens (including phenoxy) is 1. The predicted octanol–water partition coefficient (Wildman–Crippen LogP) is 11.4. The van der Waals surface area contributed by atoms with Gasteiger partial charge in [-0.05, 0) is 124 Å². The third-order valence-electron chi connectivity index (χ3n) is 14.2. The second kappa shape index (κ2) is 12.9. The van der Waals surface area contributed by atoms with Crippen LogP contribution >= 0.6 is 0 Å². The number of hydrogen-bond acceptors (Lipinski definition) is 4. The molecule has 0 heterocycles. The SMILES string of the molecule is CCOC(=O)C(C)(F)/C=C/[C@@H](C)[C@H]1CC[C@H]2C3=CC=C4C[C@@H](O[Si](C)(C)C(C)(C)C)C[C@H](O[Si](C)(C)C(C)(C)C)[C@]4(C)[C@H]3CC[C@]12C. The van der Waals surface area contributed by atoms with Gasteiger partial charge in [-0.1, -0.05) is 91.7 Å². The fourth-order valence-electron chi connectivity index (χ4n) is 9.10. The number of hydrogen-bond donors (Lipinski definition) is 0. The third kappa shape index (κ3) is 7.12. The summed E-state index contributed by atoms with van der Waals surface area (Å²) in [5, 5.41) is 0.294. The van der Waals surface area contributed by atoms with Crippen molar-refractivity contribution >= 4 is 22.6 Å². The molecule has 47 heavy (non-hydrogen) atoms. The molecule has 4 rings (SSSR count). The molecular formula is C40H69FO4Si2. The Balaban J connectivity index is 1.67. The van der Waals surface area contributed by atoms with Crippen LogP contribution in [-0.4, -0.2) is 47.1 Å². The maximum atomic E-state index is 15.2. The minimum absolute atomic E-state index is 0.0481. The molecule has 0 spiro atoms. The molecule has 4 aliphatic rings. The van der Waals surface area contributed by atoms with Gasteiger partial charge in [0.2, 0.25) is 5.67 Å². The Hall–Kier alpha value is -1.03. The average Bonchev–Trinajstić information content (AvgIpc) is 3.28. The molecule has 268 valence electrons. The Morgan fingerprint density at radius 2 is 1.55 bits per heavy atom. The minimum atomic E-state index is -2.10. The molecule has 0 aromatic heterocycles. The highest BCUT2D eigenvalue weighted by molar-refractivity contribution is 6.74. The van der Waals surface area contributed by atoms with E-state index in [4.69, 9.17) is 13.6 Å². The molecule has 3 saturated carbocycles. The molecule has 0 bridgehead atoms. The average molecular weight is 689 g/mol. The maximum absolute atomic E-state index is 15.2. The minimum Gasteiger partial charge on any atom is -0.463 e. The van der Waals surface area contributed by atoms with E-state index in [2.05, 4.69) is 101 Å². The molecule has 0 N–H and O–H groups in total. The van der Waals surface area contributed by atoms with Crippen LogP contribution in [0.15, 0.2) is 35.5 Å². The van der Waals surface area contributed by atoms with Crippen molar-refractivity contribution in [3.8, 4) is 0 Å². The second-order valence-electron chi connectivity index (χ2n) is 19.3. The first-order valence-corrected chi connectivity index (χ1v) is 24.5. The molecular weight excluding hydrogens is 620 g/mol. The van der Waals surface area contributed by atoms with Crippen molar-refractivity contribution < 1.29 is 22.8 Å². The lowest BCUT2D eigenvalue weighted by Gasteiger charge is -2.59. The topological polar surface area (TPSA) is 44.8 Å². The molecule has 0 aromatic carbocycles. The van der Waals surface area contributed by atoms with Gasteiger partial charge in [0.05, 0.1) is 18.8 Å². The summed E-state index contributed by atoms with van der Waals surface area (Å²) in [5.74, 6) is 0.783. The number of halogens is 1. The van der Waals surface area contributed by atoms with Gasteiger partial charge >= 0.3 is 5.97 Å². The quantitative estimate of drug-likeness (QED) is 0.137. The second-order valence-corrected chi connectivity index (χ2v) is 28.8. The van der Waals surface area contributed by atoms with Crippen molar-refractivity contribution in [1.29, 1.82) is 0 Å². The molecule has 0 aliphatic heterocycles. The molecule has 9 atom stereocenters. The summed E-state index contributed by atoms with van der Waals surface area (Å²) in [6, 6.07) is 0. The lowest BCUT2D eigenvalue weighted by Crippen LogP contribution is -2.58. The zero-order valence-corrected chi connectivity index (χ0v) is 34.7. The van der Waals surface area contributed by atoms with Crippen LogP contribution in [0, 0.1) is 34.5 Å². The molecule has 7 heteroatoms. The van der Waals surface area contributed by atoms with Gasteiger partial charge < -0.3 is 13.6 Å². The van der Waals surface area contributed by atoms with Gasteiger partial charge in [-0.2, -0.15) is 0 Å². The predicted molar refractivity (Wildman–Crippen MR) is 199 cm³/mol. The van der Waals surface area contributed by atoms with E-state index < -0.39 is 28.3 Å². The monoisotopic (exact) mass is 688 g/mol. The third-order valence-corrected chi connectivity index (χ3v) is 23.2.